The average molecular weight is 1330 g/mol. The maximum atomic E-state index is 12.8. The standard InChI is InChI=1S/C21H32O10S2.C17H26O8S2.C4H7ClO2.CHO3.2Ag/c1-16(22)30-17(2)31-20(23)19(28-14-18-10-7-6-8-11-18)21(3,4)15-29-33(26,27)13-9-12-32(5,24)25;1-17(2,13-25-27(22,23)11-7-10-26(3,20)21)15(16(18)19)24-12-14-8-5-4-6-9-14;1-3(5)7-4(2)6;2-1-4-3;;/h6-8,10-11,17,19H,9,12-15H2,1-5H3;4-6,8-9,15H,7,10-13H2,1-3H3,(H,18,19);3H,1-2H3;3H;;/q;;;-1;;+1. The van der Waals surface area contributed by atoms with Gasteiger partial charge in [-0.1, -0.05) is 100.0 Å². The summed E-state index contributed by atoms with van der Waals surface area (Å²) in [5.74, 6) is -4.57. The van der Waals surface area contributed by atoms with Crippen LogP contribution >= 0.6 is 11.6 Å². The second kappa shape index (κ2) is 37.8. The fraction of sp³-hybridized carbons (Fsp3) is 0.605. The predicted molar refractivity (Wildman–Crippen MR) is 257 cm³/mol. The largest absolute Gasteiger partial charge is 1.00 e. The molecule has 0 aliphatic carbocycles. The van der Waals surface area contributed by atoms with Gasteiger partial charge in [0.1, 0.15) is 19.7 Å². The van der Waals surface area contributed by atoms with Gasteiger partial charge in [-0.2, -0.15) is 16.8 Å². The molecule has 0 spiro atoms. The Morgan fingerprint density at radius 1 is 0.630 bits per heavy atom. The number of halogens is 1. The summed E-state index contributed by atoms with van der Waals surface area (Å²) in [5.41, 5.74) is -1.25. The Labute approximate surface area is 465 Å². The maximum absolute atomic E-state index is 12.8. The van der Waals surface area contributed by atoms with E-state index in [1.54, 1.807) is 69.3 Å². The van der Waals surface area contributed by atoms with E-state index in [0.717, 1.165) is 30.1 Å². The zero-order chi connectivity index (χ0) is 55.3. The van der Waals surface area contributed by atoms with Gasteiger partial charge in [0, 0.05) is 66.5 Å². The van der Waals surface area contributed by atoms with E-state index in [9.17, 15) is 58.0 Å². The quantitative estimate of drug-likeness (QED) is 0.0140. The third-order valence-electron chi connectivity index (χ3n) is 8.40. The molecule has 2 rings (SSSR count). The maximum Gasteiger partial charge on any atom is 1.00 e. The minimum absolute atomic E-state index is 0. The number of hydrogen-bond acceptors (Lipinski definition) is 22. The molecule has 1 radical (unpaired) electrons. The van der Waals surface area contributed by atoms with Gasteiger partial charge >= 0.3 is 46.3 Å². The summed E-state index contributed by atoms with van der Waals surface area (Å²) in [7, 11) is -14.6. The SMILES string of the molecule is CC(=O)OC(C)Cl.CC(=O)OC(C)OC(=O)C(OCc1ccccc1)C(C)(C)COS(=O)(=O)CCCS(C)(=O)=O.CC(C)(COS(=O)(=O)CCCS(C)(=O)=O)C(OCc1ccccc1)C(=O)O.O=[C-]OO.[Ag+].[Ag]. The van der Waals surface area contributed by atoms with Gasteiger partial charge in [-0.05, 0) is 37.4 Å². The molecule has 2 aromatic rings. The monoisotopic (exact) mass is 1330 g/mol. The number of carboxylic acid groups (broad SMARTS) is 1. The van der Waals surface area contributed by atoms with Crippen molar-refractivity contribution in [1.82, 2.24) is 0 Å². The van der Waals surface area contributed by atoms with Crippen LogP contribution < -0.4 is 0 Å². The number of alkyl halides is 1. The van der Waals surface area contributed by atoms with Crippen LogP contribution in [0.5, 0.6) is 0 Å². The molecule has 0 heterocycles. The van der Waals surface area contributed by atoms with Crippen LogP contribution in [0, 0.1) is 10.8 Å². The van der Waals surface area contributed by atoms with Crippen molar-refractivity contribution in [3.63, 3.8) is 0 Å². The Morgan fingerprint density at radius 3 is 1.26 bits per heavy atom. The van der Waals surface area contributed by atoms with Crippen molar-refractivity contribution in [2.75, 3.05) is 48.7 Å². The normalized spacial score (nSPS) is 13.2. The molecule has 2 N–H and O–H groups in total. The second-order valence-electron chi connectivity index (χ2n) is 16.6. The van der Waals surface area contributed by atoms with Gasteiger partial charge in [0.05, 0.1) is 49.4 Å². The van der Waals surface area contributed by atoms with Gasteiger partial charge in [-0.15, -0.1) is 0 Å². The number of hydrogen-bond donors (Lipinski definition) is 2. The topological polar surface area (TPSA) is 336 Å². The second-order valence-corrected chi connectivity index (χ2v) is 25.3. The van der Waals surface area contributed by atoms with Gasteiger partial charge in [-0.25, -0.2) is 31.7 Å². The first kappa shape index (κ1) is 76.7. The predicted octanol–water partition coefficient (Wildman–Crippen LogP) is 3.97. The van der Waals surface area contributed by atoms with Crippen molar-refractivity contribution in [1.29, 1.82) is 0 Å². The van der Waals surface area contributed by atoms with Crippen LogP contribution in [-0.2, 0) is 159 Å². The smallest absolute Gasteiger partial charge is 0.509 e. The first-order chi connectivity index (χ1) is 32.5. The molecule has 4 atom stereocenters. The number of carboxylic acids is 1. The van der Waals surface area contributed by atoms with E-state index in [-0.39, 0.29) is 88.3 Å². The first-order valence-corrected chi connectivity index (χ1v) is 28.7. The Bertz CT molecular complexity index is 2370. The van der Waals surface area contributed by atoms with Gasteiger partial charge in [0.25, 0.3) is 20.2 Å². The summed E-state index contributed by atoms with van der Waals surface area (Å²) in [6.45, 7) is 11.6. The summed E-state index contributed by atoms with van der Waals surface area (Å²) in [6.07, 6.45) is -1.89. The number of aliphatic carboxylic acids is 1. The van der Waals surface area contributed by atoms with Crippen LogP contribution in [0.2, 0.25) is 0 Å². The van der Waals surface area contributed by atoms with Gasteiger partial charge < -0.3 is 38.5 Å². The van der Waals surface area contributed by atoms with Gasteiger partial charge in [0.15, 0.2) is 17.8 Å². The van der Waals surface area contributed by atoms with E-state index in [0.29, 0.717) is 0 Å². The number of carbonyl (C=O) groups is 4. The third kappa shape index (κ3) is 42.0. The van der Waals surface area contributed by atoms with Gasteiger partial charge in [-0.3, -0.25) is 18.0 Å². The molecule has 23 nitrogen and oxygen atoms in total. The molecule has 0 aromatic heterocycles. The van der Waals surface area contributed by atoms with Crippen molar-refractivity contribution in [2.24, 2.45) is 10.8 Å². The van der Waals surface area contributed by atoms with Crippen LogP contribution in [0.15, 0.2) is 60.7 Å². The third-order valence-corrected chi connectivity index (χ3v) is 13.1. The molecule has 0 fully saturated rings. The molecular weight excluding hydrogens is 1260 g/mol. The molecule has 73 heavy (non-hydrogen) atoms. The fourth-order valence-electron chi connectivity index (χ4n) is 5.21. The molecule has 0 saturated heterocycles. The van der Waals surface area contributed by atoms with Crippen molar-refractivity contribution in [2.45, 2.75) is 106 Å². The number of sulfone groups is 2. The first-order valence-electron chi connectivity index (χ1n) is 21.0. The minimum atomic E-state index is -4.04. The summed E-state index contributed by atoms with van der Waals surface area (Å²) < 4.78 is 128. The van der Waals surface area contributed by atoms with Crippen LogP contribution in [0.25, 0.3) is 0 Å². The molecule has 0 bridgehead atoms. The van der Waals surface area contributed by atoms with Crippen LogP contribution in [-0.4, -0.2) is 147 Å². The Morgan fingerprint density at radius 2 is 0.973 bits per heavy atom. The Kier molecular flexibility index (Phi) is 39.7. The Hall–Kier alpha value is -2.84. The summed E-state index contributed by atoms with van der Waals surface area (Å²) in [5, 5.41) is 16.4. The molecule has 0 aliphatic heterocycles. The molecule has 30 heteroatoms. The van der Waals surface area contributed by atoms with E-state index in [4.69, 9.17) is 49.0 Å². The van der Waals surface area contributed by atoms with Crippen molar-refractivity contribution < 1.29 is 150 Å². The van der Waals surface area contributed by atoms with Crippen LogP contribution in [0.4, 0.5) is 0 Å². The molecule has 429 valence electrons. The molecule has 4 unspecified atom stereocenters. The van der Waals surface area contributed by atoms with E-state index in [1.165, 1.54) is 34.6 Å². The number of esters is 3. The minimum Gasteiger partial charge on any atom is -0.509 e. The zero-order valence-corrected chi connectivity index (χ0v) is 48.7. The molecule has 0 amide bonds. The van der Waals surface area contributed by atoms with Crippen LogP contribution in [0.3, 0.4) is 0 Å². The van der Waals surface area contributed by atoms with Crippen molar-refractivity contribution in [3.8, 4) is 0 Å². The summed E-state index contributed by atoms with van der Waals surface area (Å²) in [6, 6.07) is 18.0. The van der Waals surface area contributed by atoms with Crippen molar-refractivity contribution >= 4 is 81.9 Å². The summed E-state index contributed by atoms with van der Waals surface area (Å²) in [4.78, 5) is 56.7. The molecule has 2 aromatic carbocycles. The molecular formula is C43H66Ag2ClO23S4. The summed E-state index contributed by atoms with van der Waals surface area (Å²) >= 11 is 5.23. The Balaban J connectivity index is -0.000000533. The van der Waals surface area contributed by atoms with E-state index < -0.39 is 117 Å². The van der Waals surface area contributed by atoms with Crippen molar-refractivity contribution in [3.05, 3.63) is 71.8 Å². The number of carbonyl (C=O) groups excluding carboxylic acids is 4. The van der Waals surface area contributed by atoms with E-state index >= 15 is 0 Å². The van der Waals surface area contributed by atoms with E-state index in [2.05, 4.69) is 9.62 Å². The number of benzene rings is 2. The molecule has 0 aliphatic rings. The number of rotatable bonds is 28. The van der Waals surface area contributed by atoms with Crippen LogP contribution in [0.1, 0.15) is 79.4 Å². The zero-order valence-electron chi connectivity index (χ0n) is 41.7. The molecule has 0 saturated carbocycles. The average Bonchev–Trinajstić information content (AvgIpc) is 3.21. The fourth-order valence-corrected chi connectivity index (χ4v) is 9.24. The number of ether oxygens (including phenoxy) is 5. The van der Waals surface area contributed by atoms with E-state index in [1.807, 2.05) is 12.1 Å². The van der Waals surface area contributed by atoms with Gasteiger partial charge in [0.2, 0.25) is 6.29 Å².